The molecule has 2 aliphatic rings. The van der Waals surface area contributed by atoms with Crippen LogP contribution in [0.3, 0.4) is 0 Å². The van der Waals surface area contributed by atoms with Crippen LogP contribution in [0.1, 0.15) is 33.6 Å². The van der Waals surface area contributed by atoms with Crippen LogP contribution in [0.2, 0.25) is 0 Å². The Hall–Kier alpha value is -0.640. The van der Waals surface area contributed by atoms with Gasteiger partial charge in [0.15, 0.2) is 10.9 Å². The highest BCUT2D eigenvalue weighted by Gasteiger charge is 2.66. The average molecular weight is 226 g/mol. The van der Waals surface area contributed by atoms with Gasteiger partial charge in [0.1, 0.15) is 0 Å². The van der Waals surface area contributed by atoms with Crippen molar-refractivity contribution in [3.8, 4) is 0 Å². The highest BCUT2D eigenvalue weighted by molar-refractivity contribution is 7.80. The summed E-state index contributed by atoms with van der Waals surface area (Å²) in [5.41, 5.74) is 5.33. The maximum Gasteiger partial charge on any atom is 0.164 e. The molecule has 2 aliphatic carbocycles. The van der Waals surface area contributed by atoms with Crippen LogP contribution < -0.4 is 11.1 Å². The second-order valence-corrected chi connectivity index (χ2v) is 5.99. The Labute approximate surface area is 95.8 Å². The Morgan fingerprint density at radius 2 is 2.13 bits per heavy atom. The van der Waals surface area contributed by atoms with E-state index in [4.69, 9.17) is 18.0 Å². The summed E-state index contributed by atoms with van der Waals surface area (Å²) < 4.78 is 0. The molecule has 3 N–H and O–H groups in total. The molecule has 0 amide bonds. The van der Waals surface area contributed by atoms with E-state index in [0.29, 0.717) is 5.92 Å². The molecule has 84 valence electrons. The van der Waals surface area contributed by atoms with Crippen molar-refractivity contribution in [2.24, 2.45) is 22.5 Å². The zero-order valence-corrected chi connectivity index (χ0v) is 10.3. The molecule has 0 spiro atoms. The van der Waals surface area contributed by atoms with Crippen molar-refractivity contribution in [2.45, 2.75) is 39.7 Å². The topological polar surface area (TPSA) is 55.1 Å². The molecule has 2 fully saturated rings. The van der Waals surface area contributed by atoms with Gasteiger partial charge in [0.25, 0.3) is 0 Å². The van der Waals surface area contributed by atoms with E-state index >= 15 is 0 Å². The second kappa shape index (κ2) is 2.94. The van der Waals surface area contributed by atoms with Crippen LogP contribution in [0.4, 0.5) is 0 Å². The molecule has 0 aliphatic heterocycles. The number of thiocarbonyl (C=S) groups is 1. The van der Waals surface area contributed by atoms with Gasteiger partial charge in [-0.05, 0) is 36.4 Å². The molecule has 3 atom stereocenters. The fourth-order valence-electron chi connectivity index (χ4n) is 3.41. The average Bonchev–Trinajstić information content (AvgIpc) is 2.40. The zero-order valence-electron chi connectivity index (χ0n) is 9.46. The van der Waals surface area contributed by atoms with E-state index in [2.05, 4.69) is 26.1 Å². The summed E-state index contributed by atoms with van der Waals surface area (Å²) in [4.78, 5) is 12.3. The lowest BCUT2D eigenvalue weighted by atomic mass is 9.70. The van der Waals surface area contributed by atoms with Gasteiger partial charge in [-0.3, -0.25) is 4.79 Å². The van der Waals surface area contributed by atoms with Crippen LogP contribution in [-0.2, 0) is 4.79 Å². The number of nitrogens with two attached hydrogens (primary N) is 1. The minimum Gasteiger partial charge on any atom is -0.376 e. The molecule has 0 aromatic carbocycles. The van der Waals surface area contributed by atoms with Crippen molar-refractivity contribution in [3.63, 3.8) is 0 Å². The van der Waals surface area contributed by atoms with Gasteiger partial charge in [0, 0.05) is 5.41 Å². The van der Waals surface area contributed by atoms with Crippen molar-refractivity contribution in [3.05, 3.63) is 0 Å². The predicted octanol–water partition coefficient (Wildman–Crippen LogP) is 1.21. The first kappa shape index (κ1) is 10.9. The molecule has 0 aromatic heterocycles. The molecule has 2 saturated carbocycles. The van der Waals surface area contributed by atoms with E-state index < -0.39 is 0 Å². The first-order valence-electron chi connectivity index (χ1n) is 5.41. The third-order valence-electron chi connectivity index (χ3n) is 4.83. The minimum atomic E-state index is -0.194. The first-order chi connectivity index (χ1) is 6.80. The van der Waals surface area contributed by atoms with Crippen molar-refractivity contribution >= 4 is 23.1 Å². The molecule has 3 nitrogen and oxygen atoms in total. The monoisotopic (exact) mass is 226 g/mol. The Morgan fingerprint density at radius 3 is 2.53 bits per heavy atom. The molecular formula is C11H18N2OS. The fourth-order valence-corrected chi connectivity index (χ4v) is 3.53. The lowest BCUT2D eigenvalue weighted by Crippen LogP contribution is -2.48. The standard InChI is InChI=1S/C11H18N2OS/c1-10(2)6-4-5-11(10,3)8(14)7(6)13-9(12)15/h6-7H,4-5H2,1-3H3,(H3,12,13,15). The van der Waals surface area contributed by atoms with Gasteiger partial charge in [-0.1, -0.05) is 20.8 Å². The molecule has 0 aromatic rings. The third kappa shape index (κ3) is 1.17. The molecule has 4 heteroatoms. The molecule has 3 unspecified atom stereocenters. The van der Waals surface area contributed by atoms with Crippen LogP contribution in [-0.4, -0.2) is 16.9 Å². The molecular weight excluding hydrogens is 208 g/mol. The first-order valence-corrected chi connectivity index (χ1v) is 5.82. The van der Waals surface area contributed by atoms with Gasteiger partial charge in [-0.2, -0.15) is 0 Å². The number of ketones is 1. The number of rotatable bonds is 1. The summed E-state index contributed by atoms with van der Waals surface area (Å²) in [7, 11) is 0. The molecule has 2 rings (SSSR count). The van der Waals surface area contributed by atoms with Crippen molar-refractivity contribution < 1.29 is 4.79 Å². The second-order valence-electron chi connectivity index (χ2n) is 5.55. The van der Waals surface area contributed by atoms with Crippen LogP contribution in [0.5, 0.6) is 0 Å². The van der Waals surface area contributed by atoms with Gasteiger partial charge in [0.2, 0.25) is 0 Å². The Bertz CT molecular complexity index is 339. The van der Waals surface area contributed by atoms with E-state index in [1.165, 1.54) is 0 Å². The zero-order chi connectivity index (χ0) is 11.4. The SMILES string of the molecule is CC12CCC(C(NC(N)=S)C1=O)C2(C)C. The van der Waals surface area contributed by atoms with Gasteiger partial charge < -0.3 is 11.1 Å². The highest BCUT2D eigenvalue weighted by atomic mass is 32.1. The maximum atomic E-state index is 12.3. The van der Waals surface area contributed by atoms with Crippen LogP contribution in [0.15, 0.2) is 0 Å². The van der Waals surface area contributed by atoms with E-state index in [9.17, 15) is 4.79 Å². The lowest BCUT2D eigenvalue weighted by Gasteiger charge is -2.32. The van der Waals surface area contributed by atoms with Gasteiger partial charge in [-0.25, -0.2) is 0 Å². The smallest absolute Gasteiger partial charge is 0.164 e. The summed E-state index contributed by atoms with van der Waals surface area (Å²) >= 11 is 4.83. The number of nitrogens with one attached hydrogen (secondary N) is 1. The molecule has 0 radical (unpaired) electrons. The van der Waals surface area contributed by atoms with Crippen molar-refractivity contribution in [1.82, 2.24) is 5.32 Å². The Balaban J connectivity index is 2.34. The number of carbonyl (C=O) groups excluding carboxylic acids is 1. The van der Waals surface area contributed by atoms with E-state index in [1.807, 2.05) is 0 Å². The van der Waals surface area contributed by atoms with Gasteiger partial charge in [-0.15, -0.1) is 0 Å². The normalized spacial score (nSPS) is 41.9. The number of hydrogen-bond acceptors (Lipinski definition) is 2. The molecule has 0 heterocycles. The summed E-state index contributed by atoms with van der Waals surface area (Å²) in [6.07, 6.45) is 2.09. The summed E-state index contributed by atoms with van der Waals surface area (Å²) in [6, 6.07) is -0.156. The maximum absolute atomic E-state index is 12.3. The van der Waals surface area contributed by atoms with Crippen molar-refractivity contribution in [2.75, 3.05) is 0 Å². The number of Topliss-reactive ketones (excluding diaryl/α,β-unsaturated/α-hetero) is 1. The molecule has 2 bridgehead atoms. The quantitative estimate of drug-likeness (QED) is 0.660. The number of carbonyl (C=O) groups is 1. The van der Waals surface area contributed by atoms with Crippen LogP contribution >= 0.6 is 12.2 Å². The Morgan fingerprint density at radius 1 is 1.53 bits per heavy atom. The van der Waals surface area contributed by atoms with E-state index in [-0.39, 0.29) is 27.8 Å². The summed E-state index contributed by atoms with van der Waals surface area (Å²) in [6.45, 7) is 6.45. The minimum absolute atomic E-state index is 0.0620. The highest BCUT2D eigenvalue weighted by Crippen LogP contribution is 2.63. The van der Waals surface area contributed by atoms with E-state index in [0.717, 1.165) is 12.8 Å². The van der Waals surface area contributed by atoms with Gasteiger partial charge >= 0.3 is 0 Å². The predicted molar refractivity (Wildman–Crippen MR) is 63.3 cm³/mol. The lowest BCUT2D eigenvalue weighted by molar-refractivity contribution is -0.129. The molecule has 15 heavy (non-hydrogen) atoms. The third-order valence-corrected chi connectivity index (χ3v) is 4.95. The van der Waals surface area contributed by atoms with Gasteiger partial charge in [0.05, 0.1) is 6.04 Å². The summed E-state index contributed by atoms with van der Waals surface area (Å²) in [5, 5.41) is 3.20. The van der Waals surface area contributed by atoms with Crippen LogP contribution in [0.25, 0.3) is 0 Å². The van der Waals surface area contributed by atoms with Crippen molar-refractivity contribution in [1.29, 1.82) is 0 Å². The fraction of sp³-hybridized carbons (Fsp3) is 0.818. The molecule has 0 saturated heterocycles. The Kier molecular flexibility index (Phi) is 2.13. The number of hydrogen-bond donors (Lipinski definition) is 2. The van der Waals surface area contributed by atoms with E-state index in [1.54, 1.807) is 0 Å². The summed E-state index contributed by atoms with van der Waals surface area (Å²) in [5.74, 6) is 0.660. The number of fused-ring (bicyclic) bond motifs is 2. The largest absolute Gasteiger partial charge is 0.376 e. The van der Waals surface area contributed by atoms with Crippen LogP contribution in [0, 0.1) is 16.7 Å².